The molecule has 1 aliphatic heterocycles. The van der Waals surface area contributed by atoms with Crippen LogP contribution in [-0.2, 0) is 4.79 Å². The van der Waals surface area contributed by atoms with Gasteiger partial charge in [0.15, 0.2) is 5.82 Å². The second kappa shape index (κ2) is 7.73. The van der Waals surface area contributed by atoms with Gasteiger partial charge in [0.2, 0.25) is 5.91 Å². The average molecular weight is 441 g/mol. The molecule has 3 aromatic rings. The number of hydrogen-bond donors (Lipinski definition) is 1. The van der Waals surface area contributed by atoms with E-state index in [2.05, 4.69) is 45.5 Å². The molecular formula is C26H28N6O. The number of hydrogen-bond acceptors (Lipinski definition) is 6. The van der Waals surface area contributed by atoms with E-state index >= 15 is 0 Å². The highest BCUT2D eigenvalue weighted by Gasteiger charge is 2.41. The van der Waals surface area contributed by atoms with Gasteiger partial charge in [-0.3, -0.25) is 4.79 Å². The number of aryl methyl sites for hydroxylation is 1. The molecule has 1 unspecified atom stereocenters. The summed E-state index contributed by atoms with van der Waals surface area (Å²) in [5.41, 5.74) is 5.53. The van der Waals surface area contributed by atoms with Crippen LogP contribution in [0.1, 0.15) is 55.1 Å². The van der Waals surface area contributed by atoms with E-state index in [1.54, 1.807) is 4.90 Å². The monoisotopic (exact) mass is 440 g/mol. The Labute approximate surface area is 194 Å². The summed E-state index contributed by atoms with van der Waals surface area (Å²) in [4.78, 5) is 17.0. The number of nitrogens with one attached hydrogen (secondary N) is 1. The van der Waals surface area contributed by atoms with E-state index in [-0.39, 0.29) is 18.0 Å². The summed E-state index contributed by atoms with van der Waals surface area (Å²) in [6.45, 7) is 7.99. The maximum absolute atomic E-state index is 13.0. The van der Waals surface area contributed by atoms with Crippen molar-refractivity contribution in [2.24, 2.45) is 0 Å². The molecule has 0 saturated heterocycles. The summed E-state index contributed by atoms with van der Waals surface area (Å²) >= 11 is 0. The van der Waals surface area contributed by atoms with Crippen LogP contribution < -0.4 is 15.1 Å². The average Bonchev–Trinajstić information content (AvgIpc) is 3.64. The van der Waals surface area contributed by atoms with Gasteiger partial charge in [-0.05, 0) is 69.9 Å². The number of rotatable bonds is 4. The summed E-state index contributed by atoms with van der Waals surface area (Å²) in [6.07, 6.45) is 2.25. The molecule has 1 fully saturated rings. The zero-order valence-corrected chi connectivity index (χ0v) is 19.7. The first kappa shape index (κ1) is 21.2. The Kier molecular flexibility index (Phi) is 4.97. The number of anilines is 3. The Bertz CT molecular complexity index is 1320. The molecule has 1 aliphatic carbocycles. The summed E-state index contributed by atoms with van der Waals surface area (Å²) < 4.78 is 0. The Morgan fingerprint density at radius 2 is 1.88 bits per heavy atom. The van der Waals surface area contributed by atoms with Gasteiger partial charge >= 0.3 is 0 Å². The largest absolute Gasteiger partial charge is 0.362 e. The first-order valence-electron chi connectivity index (χ1n) is 11.4. The Hall–Kier alpha value is -3.66. The maximum Gasteiger partial charge on any atom is 0.249 e. The summed E-state index contributed by atoms with van der Waals surface area (Å²) in [7, 11) is 1.85. The van der Waals surface area contributed by atoms with Crippen molar-refractivity contribution < 1.29 is 4.79 Å². The fraction of sp³-hybridized carbons (Fsp3) is 0.385. The maximum atomic E-state index is 13.0. The van der Waals surface area contributed by atoms with Gasteiger partial charge < -0.3 is 15.1 Å². The number of aromatic nitrogens is 2. The third-order valence-corrected chi connectivity index (χ3v) is 7.06. The highest BCUT2D eigenvalue weighted by atomic mass is 16.2. The molecule has 5 rings (SSSR count). The molecule has 2 aliphatic rings. The molecule has 7 nitrogen and oxygen atoms in total. The van der Waals surface area contributed by atoms with Crippen LogP contribution in [0.2, 0.25) is 0 Å². The van der Waals surface area contributed by atoms with E-state index in [0.29, 0.717) is 17.4 Å². The minimum atomic E-state index is -0.171. The second-order valence-corrected chi connectivity index (χ2v) is 9.23. The van der Waals surface area contributed by atoms with Gasteiger partial charge in [-0.2, -0.15) is 10.4 Å². The summed E-state index contributed by atoms with van der Waals surface area (Å²) in [6, 6.07) is 12.4. The van der Waals surface area contributed by atoms with Gasteiger partial charge in [-0.15, -0.1) is 5.10 Å². The lowest BCUT2D eigenvalue weighted by atomic mass is 9.98. The number of carbonyl (C=O) groups is 1. The molecule has 1 saturated carbocycles. The minimum absolute atomic E-state index is 0.0723. The number of fused-ring (bicyclic) bond motifs is 2. The number of carbonyl (C=O) groups excluding carboxylic acids is 1. The van der Waals surface area contributed by atoms with Gasteiger partial charge in [0, 0.05) is 23.9 Å². The van der Waals surface area contributed by atoms with E-state index in [1.807, 2.05) is 46.0 Å². The van der Waals surface area contributed by atoms with Crippen molar-refractivity contribution in [1.29, 1.82) is 5.26 Å². The van der Waals surface area contributed by atoms with Crippen LogP contribution in [-0.4, -0.2) is 35.2 Å². The van der Waals surface area contributed by atoms with Crippen LogP contribution in [0.5, 0.6) is 0 Å². The van der Waals surface area contributed by atoms with E-state index in [1.165, 1.54) is 0 Å². The normalized spacial score (nSPS) is 18.8. The second-order valence-electron chi connectivity index (χ2n) is 9.23. The third-order valence-electron chi connectivity index (χ3n) is 7.06. The number of nitriles is 1. The smallest absolute Gasteiger partial charge is 0.249 e. The molecule has 0 spiro atoms. The Morgan fingerprint density at radius 3 is 2.58 bits per heavy atom. The lowest BCUT2D eigenvalue weighted by Crippen LogP contribution is -2.51. The van der Waals surface area contributed by atoms with Crippen LogP contribution in [0.3, 0.4) is 0 Å². The number of nitrogens with zero attached hydrogens (tertiary/aromatic N) is 5. The van der Waals surface area contributed by atoms with Gasteiger partial charge in [0.1, 0.15) is 6.04 Å². The molecule has 0 bridgehead atoms. The van der Waals surface area contributed by atoms with Gasteiger partial charge in [-0.25, -0.2) is 0 Å². The van der Waals surface area contributed by atoms with Crippen molar-refractivity contribution in [3.8, 4) is 6.07 Å². The Balaban J connectivity index is 1.61. The SMILES string of the molecule is Cc1c(C#N)cccc1[C@@H](C)Nc1nnc(C)c2cc3c(cc12)N(C)C(=O)C(C)N3C1CC1. The molecule has 1 aromatic heterocycles. The highest BCUT2D eigenvalue weighted by molar-refractivity contribution is 6.09. The minimum Gasteiger partial charge on any atom is -0.362 e. The lowest BCUT2D eigenvalue weighted by molar-refractivity contribution is -0.119. The van der Waals surface area contributed by atoms with Crippen molar-refractivity contribution in [3.63, 3.8) is 0 Å². The first-order chi connectivity index (χ1) is 15.8. The van der Waals surface area contributed by atoms with Crippen molar-refractivity contribution in [2.75, 3.05) is 22.2 Å². The molecule has 168 valence electrons. The highest BCUT2D eigenvalue weighted by Crippen LogP contribution is 2.45. The van der Waals surface area contributed by atoms with Crippen molar-refractivity contribution in [2.45, 2.75) is 58.7 Å². The van der Waals surface area contributed by atoms with Crippen molar-refractivity contribution >= 4 is 33.9 Å². The number of likely N-dealkylation sites (N-methyl/N-ethyl adjacent to an activating group) is 1. The number of benzene rings is 2. The van der Waals surface area contributed by atoms with Gasteiger partial charge in [0.05, 0.1) is 34.7 Å². The molecule has 2 atom stereocenters. The molecular weight excluding hydrogens is 412 g/mol. The van der Waals surface area contributed by atoms with E-state index in [4.69, 9.17) is 0 Å². The molecule has 1 amide bonds. The lowest BCUT2D eigenvalue weighted by Gasteiger charge is -2.41. The summed E-state index contributed by atoms with van der Waals surface area (Å²) in [5, 5.41) is 23.8. The molecule has 1 N–H and O–H groups in total. The molecule has 7 heteroatoms. The molecule has 33 heavy (non-hydrogen) atoms. The van der Waals surface area contributed by atoms with Crippen molar-refractivity contribution in [3.05, 3.63) is 52.7 Å². The molecule has 2 aromatic carbocycles. The summed E-state index contributed by atoms with van der Waals surface area (Å²) in [5.74, 6) is 0.782. The van der Waals surface area contributed by atoms with E-state index in [0.717, 1.165) is 51.8 Å². The topological polar surface area (TPSA) is 85.1 Å². The van der Waals surface area contributed by atoms with Crippen molar-refractivity contribution in [1.82, 2.24) is 10.2 Å². The standard InChI is InChI=1S/C26H28N6O/c1-14-18(13-27)7-6-8-20(14)15(2)28-25-22-12-23-24(11-21(22)16(3)29-30-25)32(19-9-10-19)17(4)26(33)31(23)5/h6-8,11-12,15,17,19H,9-10H2,1-5H3,(H,28,30)/t15-,17?/m1/s1. The molecule has 2 heterocycles. The van der Waals surface area contributed by atoms with Gasteiger partial charge in [0.25, 0.3) is 0 Å². The number of amides is 1. The van der Waals surface area contributed by atoms with Crippen LogP contribution in [0.25, 0.3) is 10.8 Å². The van der Waals surface area contributed by atoms with Crippen LogP contribution in [0, 0.1) is 25.2 Å². The van der Waals surface area contributed by atoms with Crippen LogP contribution >= 0.6 is 0 Å². The predicted molar refractivity (Wildman–Crippen MR) is 131 cm³/mol. The fourth-order valence-electron chi connectivity index (χ4n) is 5.01. The zero-order chi connectivity index (χ0) is 23.4. The Morgan fingerprint density at radius 1 is 1.15 bits per heavy atom. The zero-order valence-electron chi connectivity index (χ0n) is 19.7. The quantitative estimate of drug-likeness (QED) is 0.637. The first-order valence-corrected chi connectivity index (χ1v) is 11.4. The fourth-order valence-corrected chi connectivity index (χ4v) is 5.01. The third kappa shape index (κ3) is 3.37. The van der Waals surface area contributed by atoms with Gasteiger partial charge in [-0.1, -0.05) is 12.1 Å². The molecule has 0 radical (unpaired) electrons. The van der Waals surface area contributed by atoms with E-state index < -0.39 is 0 Å². The van der Waals surface area contributed by atoms with Crippen LogP contribution in [0.15, 0.2) is 30.3 Å². The predicted octanol–water partition coefficient (Wildman–Crippen LogP) is 4.63. The van der Waals surface area contributed by atoms with E-state index in [9.17, 15) is 10.1 Å². The van der Waals surface area contributed by atoms with Crippen LogP contribution in [0.4, 0.5) is 17.2 Å².